The molecular weight excluding hydrogens is 193 g/mol. The number of carbonyl (C=O) groups is 1. The van der Waals surface area contributed by atoms with Crippen LogP contribution in [0.4, 0.5) is 5.69 Å². The maximum Gasteiger partial charge on any atom is 0.482 e. The lowest BCUT2D eigenvalue weighted by atomic mass is 10.2. The Morgan fingerprint density at radius 2 is 1.73 bits per heavy atom. The maximum absolute atomic E-state index is 11.2. The molecule has 1 aromatic rings. The monoisotopic (exact) mass is 208 g/mol. The van der Waals surface area contributed by atoms with Crippen molar-refractivity contribution < 1.29 is 14.8 Å². The van der Waals surface area contributed by atoms with Crippen LogP contribution in [-0.2, 0) is 4.79 Å². The minimum atomic E-state index is 0. The number of benzene rings is 1. The van der Waals surface area contributed by atoms with Crippen LogP contribution in [0.5, 0.6) is 0 Å². The number of anilines is 1. The molecule has 0 aromatic heterocycles. The van der Waals surface area contributed by atoms with Gasteiger partial charge < -0.3 is 15.4 Å². The van der Waals surface area contributed by atoms with E-state index in [4.69, 9.17) is 10.0 Å². The van der Waals surface area contributed by atoms with Crippen LogP contribution < -0.4 is 5.32 Å². The number of para-hydroxylation sites is 1. The lowest BCUT2D eigenvalue weighted by Crippen LogP contribution is -2.17. The molecular formula is C10H15BNO3. The second kappa shape index (κ2) is 8.02. The highest BCUT2D eigenvalue weighted by atomic mass is 16.4. The minimum absolute atomic E-state index is 0. The zero-order chi connectivity index (χ0) is 11.7. The van der Waals surface area contributed by atoms with E-state index in [2.05, 4.69) is 5.32 Å². The van der Waals surface area contributed by atoms with E-state index in [9.17, 15) is 4.79 Å². The standard InChI is InChI=1S/C10H13NO.BH2O2/c1-8(2)10(12)11-9-6-4-3-5-7-9;2-1-3/h3-8H,1-2H3,(H,11,12);2-3H. The van der Waals surface area contributed by atoms with Gasteiger partial charge in [0.1, 0.15) is 0 Å². The molecule has 5 heteroatoms. The Labute approximate surface area is 90.3 Å². The summed E-state index contributed by atoms with van der Waals surface area (Å²) < 4.78 is 0. The lowest BCUT2D eigenvalue weighted by Gasteiger charge is -2.06. The fourth-order valence-corrected chi connectivity index (χ4v) is 0.808. The highest BCUT2D eigenvalue weighted by Crippen LogP contribution is 2.06. The average Bonchev–Trinajstić information content (AvgIpc) is 2.20. The third-order valence-corrected chi connectivity index (χ3v) is 1.57. The number of nitrogens with one attached hydrogen (secondary N) is 1. The molecule has 0 aliphatic carbocycles. The first-order valence-electron chi connectivity index (χ1n) is 4.57. The molecule has 0 aliphatic rings. The summed E-state index contributed by atoms with van der Waals surface area (Å²) in [5.74, 6) is 0.0893. The van der Waals surface area contributed by atoms with Crippen LogP contribution in [0.1, 0.15) is 13.8 Å². The van der Waals surface area contributed by atoms with Crippen LogP contribution in [0, 0.1) is 5.92 Å². The molecule has 0 atom stereocenters. The summed E-state index contributed by atoms with van der Waals surface area (Å²) in [6.45, 7) is 3.75. The van der Waals surface area contributed by atoms with Crippen LogP contribution in [-0.4, -0.2) is 23.6 Å². The van der Waals surface area contributed by atoms with Gasteiger partial charge in [-0.25, -0.2) is 0 Å². The van der Waals surface area contributed by atoms with Gasteiger partial charge >= 0.3 is 7.69 Å². The Bertz CT molecular complexity index is 277. The van der Waals surface area contributed by atoms with E-state index in [1.165, 1.54) is 0 Å². The van der Waals surface area contributed by atoms with Crippen molar-refractivity contribution in [1.82, 2.24) is 0 Å². The quantitative estimate of drug-likeness (QED) is 0.629. The molecule has 0 heterocycles. The van der Waals surface area contributed by atoms with E-state index in [1.807, 2.05) is 44.2 Å². The van der Waals surface area contributed by atoms with Crippen molar-refractivity contribution in [3.05, 3.63) is 30.3 Å². The third-order valence-electron chi connectivity index (χ3n) is 1.57. The molecule has 0 unspecified atom stereocenters. The van der Waals surface area contributed by atoms with Gasteiger partial charge in [0.05, 0.1) is 0 Å². The summed E-state index contributed by atoms with van der Waals surface area (Å²) >= 11 is 0. The van der Waals surface area contributed by atoms with Crippen LogP contribution in [0.3, 0.4) is 0 Å². The van der Waals surface area contributed by atoms with E-state index in [0.29, 0.717) is 0 Å². The third kappa shape index (κ3) is 6.71. The largest absolute Gasteiger partial charge is 0.482 e. The second-order valence-electron chi connectivity index (χ2n) is 3.13. The van der Waals surface area contributed by atoms with Gasteiger partial charge in [-0.3, -0.25) is 4.79 Å². The first kappa shape index (κ1) is 13.7. The highest BCUT2D eigenvalue weighted by molar-refractivity contribution is 6.13. The molecule has 1 rings (SSSR count). The van der Waals surface area contributed by atoms with Crippen LogP contribution in [0.2, 0.25) is 0 Å². The lowest BCUT2D eigenvalue weighted by molar-refractivity contribution is -0.118. The Morgan fingerprint density at radius 1 is 1.27 bits per heavy atom. The summed E-state index contributed by atoms with van der Waals surface area (Å²) in [5, 5.41) is 16.8. The molecule has 0 spiro atoms. The summed E-state index contributed by atoms with van der Waals surface area (Å²) in [7, 11) is 0. The number of amides is 1. The topological polar surface area (TPSA) is 69.6 Å². The van der Waals surface area contributed by atoms with Gasteiger partial charge in [0.2, 0.25) is 5.91 Å². The van der Waals surface area contributed by atoms with E-state index < -0.39 is 0 Å². The predicted octanol–water partition coefficient (Wildman–Crippen LogP) is 0.786. The second-order valence-corrected chi connectivity index (χ2v) is 3.13. The first-order valence-corrected chi connectivity index (χ1v) is 4.57. The summed E-state index contributed by atoms with van der Waals surface area (Å²) in [6, 6.07) is 9.47. The molecule has 1 aromatic carbocycles. The van der Waals surface area contributed by atoms with Gasteiger partial charge in [-0.1, -0.05) is 32.0 Å². The van der Waals surface area contributed by atoms with Crippen molar-refractivity contribution in [1.29, 1.82) is 0 Å². The molecule has 0 saturated heterocycles. The van der Waals surface area contributed by atoms with Crippen LogP contribution >= 0.6 is 0 Å². The summed E-state index contributed by atoms with van der Waals surface area (Å²) in [6.07, 6.45) is 0. The SMILES string of the molecule is CC(C)C(=O)Nc1ccccc1.O[B]O. The van der Waals surface area contributed by atoms with Crippen molar-refractivity contribution in [2.75, 3.05) is 5.32 Å². The fraction of sp³-hybridized carbons (Fsp3) is 0.300. The number of hydrogen-bond donors (Lipinski definition) is 3. The van der Waals surface area contributed by atoms with Crippen molar-refractivity contribution >= 4 is 19.3 Å². The normalized spacial score (nSPS) is 8.87. The molecule has 0 saturated carbocycles. The van der Waals surface area contributed by atoms with Gasteiger partial charge in [-0.2, -0.15) is 0 Å². The van der Waals surface area contributed by atoms with Crippen molar-refractivity contribution in [3.63, 3.8) is 0 Å². The first-order chi connectivity index (χ1) is 7.11. The van der Waals surface area contributed by atoms with E-state index in [0.717, 1.165) is 5.69 Å². The molecule has 1 amide bonds. The average molecular weight is 208 g/mol. The highest BCUT2D eigenvalue weighted by Gasteiger charge is 2.05. The smallest absolute Gasteiger partial charge is 0.429 e. The van der Waals surface area contributed by atoms with Gasteiger partial charge in [0.25, 0.3) is 0 Å². The van der Waals surface area contributed by atoms with Gasteiger partial charge in [0, 0.05) is 11.6 Å². The molecule has 3 N–H and O–H groups in total. The Kier molecular flexibility index (Phi) is 7.31. The zero-order valence-corrected chi connectivity index (χ0v) is 8.84. The maximum atomic E-state index is 11.2. The molecule has 81 valence electrons. The van der Waals surface area contributed by atoms with E-state index in [-0.39, 0.29) is 19.5 Å². The number of carbonyl (C=O) groups excluding carboxylic acids is 1. The predicted molar refractivity (Wildman–Crippen MR) is 60.1 cm³/mol. The molecule has 15 heavy (non-hydrogen) atoms. The summed E-state index contributed by atoms with van der Waals surface area (Å²) in [5.41, 5.74) is 0.858. The zero-order valence-electron chi connectivity index (χ0n) is 8.84. The Morgan fingerprint density at radius 3 is 2.13 bits per heavy atom. The summed E-state index contributed by atoms with van der Waals surface area (Å²) in [4.78, 5) is 11.2. The molecule has 0 fully saturated rings. The Hall–Kier alpha value is -1.33. The Balaban J connectivity index is 0.000000583. The molecule has 0 bridgehead atoms. The van der Waals surface area contributed by atoms with Gasteiger partial charge in [-0.15, -0.1) is 0 Å². The minimum Gasteiger partial charge on any atom is -0.429 e. The molecule has 0 aliphatic heterocycles. The number of hydrogen-bond acceptors (Lipinski definition) is 3. The van der Waals surface area contributed by atoms with Crippen molar-refractivity contribution in [2.24, 2.45) is 5.92 Å². The van der Waals surface area contributed by atoms with E-state index in [1.54, 1.807) is 0 Å². The van der Waals surface area contributed by atoms with Crippen molar-refractivity contribution in [3.8, 4) is 0 Å². The van der Waals surface area contributed by atoms with Crippen LogP contribution in [0.15, 0.2) is 30.3 Å². The van der Waals surface area contributed by atoms with Gasteiger partial charge in [0.15, 0.2) is 0 Å². The molecule has 1 radical (unpaired) electrons. The van der Waals surface area contributed by atoms with E-state index >= 15 is 0 Å². The fourth-order valence-electron chi connectivity index (χ4n) is 0.808. The molecule has 4 nitrogen and oxygen atoms in total. The van der Waals surface area contributed by atoms with Gasteiger partial charge in [-0.05, 0) is 12.1 Å². The number of rotatable bonds is 2. The van der Waals surface area contributed by atoms with Crippen LogP contribution in [0.25, 0.3) is 0 Å². The van der Waals surface area contributed by atoms with Crippen molar-refractivity contribution in [2.45, 2.75) is 13.8 Å².